The molecule has 4 rings (SSSR count). The first-order chi connectivity index (χ1) is 15.7. The van der Waals surface area contributed by atoms with Gasteiger partial charge in [0.1, 0.15) is 12.3 Å². The van der Waals surface area contributed by atoms with Gasteiger partial charge in [0.15, 0.2) is 6.10 Å². The van der Waals surface area contributed by atoms with E-state index in [4.69, 9.17) is 4.74 Å². The molecule has 6 nitrogen and oxygen atoms in total. The molecule has 1 aromatic heterocycles. The third-order valence-electron chi connectivity index (χ3n) is 5.68. The van der Waals surface area contributed by atoms with Crippen molar-refractivity contribution in [1.29, 1.82) is 0 Å². The molecule has 0 saturated heterocycles. The molecule has 1 aliphatic heterocycles. The second kappa shape index (κ2) is 8.98. The number of thiazole rings is 1. The zero-order valence-electron chi connectivity index (χ0n) is 19.6. The number of carbonyl (C=O) groups is 2. The van der Waals surface area contributed by atoms with Crippen LogP contribution < -0.4 is 15.0 Å². The molecule has 0 saturated carbocycles. The third kappa shape index (κ3) is 4.93. The summed E-state index contributed by atoms with van der Waals surface area (Å²) >= 11 is 1.57. The first-order valence-corrected chi connectivity index (χ1v) is 12.0. The summed E-state index contributed by atoms with van der Waals surface area (Å²) < 4.78 is 5.92. The number of ether oxygens (including phenoxy) is 1. The number of benzene rings is 2. The Labute approximate surface area is 198 Å². The normalized spacial score (nSPS) is 15.7. The Morgan fingerprint density at radius 3 is 2.52 bits per heavy atom. The van der Waals surface area contributed by atoms with Crippen molar-refractivity contribution in [3.05, 3.63) is 58.4 Å². The number of anilines is 2. The predicted octanol–water partition coefficient (Wildman–Crippen LogP) is 5.56. The topological polar surface area (TPSA) is 71.5 Å². The summed E-state index contributed by atoms with van der Waals surface area (Å²) in [6.07, 6.45) is -0.0822. The zero-order valence-corrected chi connectivity index (χ0v) is 20.5. The summed E-state index contributed by atoms with van der Waals surface area (Å²) in [5, 5.41) is 5.87. The highest BCUT2D eigenvalue weighted by molar-refractivity contribution is 7.09. The molecule has 0 radical (unpaired) electrons. The standard InChI is InChI=1S/C26H29N3O3S/c1-6-22-25(31)29(14-24(30)28-19-10-8-18(9-11-19)26(3,4)5)21-13-17(7-12-23(21)32-22)20-15-33-16(2)27-20/h7-13,15,22H,6,14H2,1-5H3,(H,28,30). The molecule has 172 valence electrons. The van der Waals surface area contributed by atoms with Crippen LogP contribution in [0.5, 0.6) is 5.75 Å². The van der Waals surface area contributed by atoms with Crippen LogP contribution in [0.2, 0.25) is 0 Å². The lowest BCUT2D eigenvalue weighted by Gasteiger charge is -2.34. The van der Waals surface area contributed by atoms with Gasteiger partial charge in [-0.05, 0) is 54.7 Å². The average Bonchev–Trinajstić information content (AvgIpc) is 3.21. The highest BCUT2D eigenvalue weighted by Crippen LogP contribution is 2.38. The summed E-state index contributed by atoms with van der Waals surface area (Å²) in [6, 6.07) is 13.5. The molecule has 1 aliphatic rings. The van der Waals surface area contributed by atoms with Crippen molar-refractivity contribution < 1.29 is 14.3 Å². The minimum Gasteiger partial charge on any atom is -0.478 e. The number of hydrogen-bond acceptors (Lipinski definition) is 5. The molecule has 33 heavy (non-hydrogen) atoms. The molecular weight excluding hydrogens is 434 g/mol. The maximum absolute atomic E-state index is 13.1. The van der Waals surface area contributed by atoms with Crippen LogP contribution in [0.4, 0.5) is 11.4 Å². The van der Waals surface area contributed by atoms with E-state index >= 15 is 0 Å². The van der Waals surface area contributed by atoms with Crippen molar-refractivity contribution in [3.63, 3.8) is 0 Å². The molecule has 1 unspecified atom stereocenters. The number of carbonyl (C=O) groups excluding carboxylic acids is 2. The molecule has 0 bridgehead atoms. The lowest BCUT2D eigenvalue weighted by atomic mass is 9.87. The van der Waals surface area contributed by atoms with E-state index in [1.54, 1.807) is 11.3 Å². The van der Waals surface area contributed by atoms with E-state index in [1.807, 2.05) is 61.7 Å². The second-order valence-corrected chi connectivity index (χ2v) is 10.3. The van der Waals surface area contributed by atoms with Gasteiger partial charge in [-0.25, -0.2) is 4.98 Å². The van der Waals surface area contributed by atoms with Crippen LogP contribution in [0.1, 0.15) is 44.7 Å². The minimum atomic E-state index is -0.608. The Morgan fingerprint density at radius 1 is 1.18 bits per heavy atom. The molecule has 1 atom stereocenters. The van der Waals surface area contributed by atoms with E-state index < -0.39 is 6.10 Å². The maximum Gasteiger partial charge on any atom is 0.268 e. The van der Waals surface area contributed by atoms with E-state index in [0.29, 0.717) is 23.5 Å². The Kier molecular flexibility index (Phi) is 6.26. The van der Waals surface area contributed by atoms with Crippen molar-refractivity contribution in [2.75, 3.05) is 16.8 Å². The van der Waals surface area contributed by atoms with Crippen LogP contribution in [-0.4, -0.2) is 29.4 Å². The Bertz CT molecular complexity index is 1180. The van der Waals surface area contributed by atoms with Gasteiger partial charge in [-0.3, -0.25) is 14.5 Å². The van der Waals surface area contributed by atoms with Gasteiger partial charge in [0, 0.05) is 16.6 Å². The summed E-state index contributed by atoms with van der Waals surface area (Å²) in [7, 11) is 0. The molecule has 2 amide bonds. The predicted molar refractivity (Wildman–Crippen MR) is 133 cm³/mol. The lowest BCUT2D eigenvalue weighted by molar-refractivity contribution is -0.128. The average molecular weight is 464 g/mol. The SMILES string of the molecule is CCC1Oc2ccc(-c3csc(C)n3)cc2N(CC(=O)Nc2ccc(C(C)(C)C)cc2)C1=O. The van der Waals surface area contributed by atoms with Gasteiger partial charge in [0.2, 0.25) is 5.91 Å². The fourth-order valence-corrected chi connectivity index (χ4v) is 4.42. The van der Waals surface area contributed by atoms with E-state index in [-0.39, 0.29) is 23.8 Å². The van der Waals surface area contributed by atoms with Crippen LogP contribution in [0.3, 0.4) is 0 Å². The van der Waals surface area contributed by atoms with Gasteiger partial charge in [-0.15, -0.1) is 11.3 Å². The van der Waals surface area contributed by atoms with Crippen molar-refractivity contribution in [2.45, 2.75) is 52.6 Å². The summed E-state index contributed by atoms with van der Waals surface area (Å²) in [5.41, 5.74) is 4.24. The largest absolute Gasteiger partial charge is 0.478 e. The third-order valence-corrected chi connectivity index (χ3v) is 6.46. The smallest absolute Gasteiger partial charge is 0.268 e. The number of nitrogens with zero attached hydrogens (tertiary/aromatic N) is 2. The van der Waals surface area contributed by atoms with E-state index in [9.17, 15) is 9.59 Å². The monoisotopic (exact) mass is 463 g/mol. The van der Waals surface area contributed by atoms with E-state index in [2.05, 4.69) is 31.1 Å². The van der Waals surface area contributed by atoms with Gasteiger partial charge in [0.05, 0.1) is 16.4 Å². The minimum absolute atomic E-state index is 0.0369. The van der Waals surface area contributed by atoms with Gasteiger partial charge in [-0.2, -0.15) is 0 Å². The van der Waals surface area contributed by atoms with Crippen LogP contribution in [0, 0.1) is 6.92 Å². The zero-order chi connectivity index (χ0) is 23.8. The maximum atomic E-state index is 13.1. The van der Waals surface area contributed by atoms with Crippen LogP contribution in [0.25, 0.3) is 11.3 Å². The molecule has 0 fully saturated rings. The molecule has 2 aromatic carbocycles. The highest BCUT2D eigenvalue weighted by Gasteiger charge is 2.34. The summed E-state index contributed by atoms with van der Waals surface area (Å²) in [5.74, 6) is 0.124. The first-order valence-electron chi connectivity index (χ1n) is 11.1. The van der Waals surface area contributed by atoms with E-state index in [1.165, 1.54) is 10.5 Å². The second-order valence-electron chi connectivity index (χ2n) is 9.25. The van der Waals surface area contributed by atoms with Crippen LogP contribution >= 0.6 is 11.3 Å². The van der Waals surface area contributed by atoms with Crippen LogP contribution in [-0.2, 0) is 15.0 Å². The Morgan fingerprint density at radius 2 is 1.91 bits per heavy atom. The molecule has 2 heterocycles. The quantitative estimate of drug-likeness (QED) is 0.538. The summed E-state index contributed by atoms with van der Waals surface area (Å²) in [6.45, 7) is 10.2. The number of aryl methyl sites for hydroxylation is 1. The number of hydrogen-bond donors (Lipinski definition) is 1. The number of rotatable bonds is 5. The molecule has 1 N–H and O–H groups in total. The van der Waals surface area contributed by atoms with Crippen molar-refractivity contribution in [2.24, 2.45) is 0 Å². The van der Waals surface area contributed by atoms with E-state index in [0.717, 1.165) is 16.3 Å². The highest BCUT2D eigenvalue weighted by atomic mass is 32.1. The van der Waals surface area contributed by atoms with Gasteiger partial charge in [0.25, 0.3) is 5.91 Å². The lowest BCUT2D eigenvalue weighted by Crippen LogP contribution is -2.48. The Hall–Kier alpha value is -3.19. The molecular formula is C26H29N3O3S. The summed E-state index contributed by atoms with van der Waals surface area (Å²) in [4.78, 5) is 32.1. The molecule has 0 aliphatic carbocycles. The van der Waals surface area contributed by atoms with Crippen molar-refractivity contribution in [1.82, 2.24) is 4.98 Å². The first kappa shape index (κ1) is 23.0. The van der Waals surface area contributed by atoms with Crippen LogP contribution in [0.15, 0.2) is 47.8 Å². The van der Waals surface area contributed by atoms with Crippen molar-refractivity contribution >= 4 is 34.5 Å². The van der Waals surface area contributed by atoms with Gasteiger partial charge in [-0.1, -0.05) is 39.8 Å². The number of nitrogens with one attached hydrogen (secondary N) is 1. The number of aromatic nitrogens is 1. The fourth-order valence-electron chi connectivity index (χ4n) is 3.80. The molecule has 7 heteroatoms. The van der Waals surface area contributed by atoms with Gasteiger partial charge < -0.3 is 10.1 Å². The van der Waals surface area contributed by atoms with Gasteiger partial charge >= 0.3 is 0 Å². The Balaban J connectivity index is 1.58. The van der Waals surface area contributed by atoms with Crippen molar-refractivity contribution in [3.8, 4) is 17.0 Å². The number of amides is 2. The fraction of sp³-hybridized carbons (Fsp3) is 0.346. The number of fused-ring (bicyclic) bond motifs is 1. The molecule has 3 aromatic rings. The molecule has 0 spiro atoms.